The lowest BCUT2D eigenvalue weighted by Crippen LogP contribution is -1.69. The van der Waals surface area contributed by atoms with Gasteiger partial charge < -0.3 is 24.5 Å². The summed E-state index contributed by atoms with van der Waals surface area (Å²) in [5.74, 6) is 0. The van der Waals surface area contributed by atoms with Crippen LogP contribution in [-0.4, -0.2) is 17.0 Å². The van der Waals surface area contributed by atoms with Crippen LogP contribution in [0.15, 0.2) is 57.4 Å². The maximum atomic E-state index is 5.13. The zero-order valence-corrected chi connectivity index (χ0v) is 13.5. The highest BCUT2D eigenvalue weighted by molar-refractivity contribution is 7.71. The Morgan fingerprint density at radius 1 is 0.727 bits per heavy atom. The molecule has 0 saturated carbocycles. The van der Waals surface area contributed by atoms with Crippen molar-refractivity contribution in [1.82, 2.24) is 9.97 Å². The summed E-state index contributed by atoms with van der Waals surface area (Å²) < 4.78 is 10.3. The molecule has 0 radical (unpaired) electrons. The van der Waals surface area contributed by atoms with Crippen LogP contribution in [-0.2, 0) is 0 Å². The molecule has 114 valence electrons. The van der Waals surface area contributed by atoms with Gasteiger partial charge in [-0.2, -0.15) is 0 Å². The zero-order chi connectivity index (χ0) is 15.9. The average Bonchev–Trinajstić information content (AvgIpc) is 3.10. The van der Waals surface area contributed by atoms with E-state index >= 15 is 0 Å². The Labute approximate surface area is 136 Å². The molecule has 2 heterocycles. The monoisotopic (exact) mass is 333 g/mol. The summed E-state index contributed by atoms with van der Waals surface area (Å²) in [5, 5.41) is 0. The van der Waals surface area contributed by atoms with E-state index in [4.69, 9.17) is 33.3 Å². The van der Waals surface area contributed by atoms with Crippen molar-refractivity contribution in [3.63, 3.8) is 0 Å². The molecule has 0 atom stereocenters. The minimum absolute atomic E-state index is 0.432. The van der Waals surface area contributed by atoms with Gasteiger partial charge in [0.15, 0.2) is 11.2 Å². The first-order valence-corrected chi connectivity index (χ1v) is 7.27. The molecule has 0 aliphatic heterocycles. The van der Waals surface area contributed by atoms with Gasteiger partial charge in [0, 0.05) is 0 Å². The quantitative estimate of drug-likeness (QED) is 0.411. The van der Waals surface area contributed by atoms with Gasteiger partial charge in [-0.3, -0.25) is 0 Å². The van der Waals surface area contributed by atoms with Crippen LogP contribution in [0.3, 0.4) is 0 Å². The third-order valence-electron chi connectivity index (χ3n) is 2.65. The van der Waals surface area contributed by atoms with Crippen molar-refractivity contribution in [2.75, 3.05) is 7.05 Å². The van der Waals surface area contributed by atoms with Crippen LogP contribution in [0.4, 0.5) is 0 Å². The summed E-state index contributed by atoms with van der Waals surface area (Å²) in [4.78, 5) is 6.68. The molecule has 7 heteroatoms. The standard InChI is InChI=1S/2C7H5NOS.CH5N/c2*10-7-8-5-3-1-2-4-6(5)9-7;1-2/h2*1-4H,(H,8,10);2H2,1H3. The molecule has 0 fully saturated rings. The fourth-order valence-electron chi connectivity index (χ4n) is 1.79. The Kier molecular flexibility index (Phi) is 5.65. The molecule has 0 aliphatic rings. The number of rotatable bonds is 0. The number of fused-ring (bicyclic) bond motifs is 2. The molecule has 0 spiro atoms. The second-order valence-electron chi connectivity index (χ2n) is 4.02. The SMILES string of the molecule is CN.S=c1[nH]c2ccccc2o1.S=c1[nH]c2ccccc2o1. The molecule has 0 aliphatic carbocycles. The largest absolute Gasteiger partial charge is 0.429 e. The Morgan fingerprint density at radius 2 is 1.09 bits per heavy atom. The molecule has 0 unspecified atom stereocenters. The number of H-pyrrole nitrogens is 2. The third-order valence-corrected chi connectivity index (χ3v) is 3.02. The number of para-hydroxylation sites is 4. The van der Waals surface area contributed by atoms with Crippen LogP contribution >= 0.6 is 24.4 Å². The number of oxazole rings is 2. The van der Waals surface area contributed by atoms with Crippen LogP contribution in [0.2, 0.25) is 0 Å². The molecular formula is C15H15N3O2S2. The fraction of sp³-hybridized carbons (Fsp3) is 0.0667. The van der Waals surface area contributed by atoms with Gasteiger partial charge in [-0.05, 0) is 55.7 Å². The van der Waals surface area contributed by atoms with Crippen molar-refractivity contribution in [2.45, 2.75) is 0 Å². The van der Waals surface area contributed by atoms with Crippen molar-refractivity contribution >= 4 is 46.6 Å². The number of hydrogen-bond acceptors (Lipinski definition) is 5. The maximum absolute atomic E-state index is 5.13. The van der Waals surface area contributed by atoms with Gasteiger partial charge in [0.05, 0.1) is 11.0 Å². The van der Waals surface area contributed by atoms with E-state index in [1.807, 2.05) is 48.5 Å². The fourth-order valence-corrected chi connectivity index (χ4v) is 2.19. The molecule has 4 N–H and O–H groups in total. The maximum Gasteiger partial charge on any atom is 0.266 e. The van der Waals surface area contributed by atoms with Gasteiger partial charge >= 0.3 is 0 Å². The second kappa shape index (κ2) is 7.69. The van der Waals surface area contributed by atoms with Crippen LogP contribution in [0.5, 0.6) is 0 Å². The number of benzene rings is 2. The Hall–Kier alpha value is -2.22. The van der Waals surface area contributed by atoms with Crippen LogP contribution in [0.25, 0.3) is 22.2 Å². The average molecular weight is 333 g/mol. The normalized spacial score (nSPS) is 9.73. The summed E-state index contributed by atoms with van der Waals surface area (Å²) in [6.45, 7) is 0. The van der Waals surface area contributed by atoms with E-state index in [2.05, 4.69) is 15.7 Å². The number of nitrogens with one attached hydrogen (secondary N) is 2. The molecule has 22 heavy (non-hydrogen) atoms. The van der Waals surface area contributed by atoms with Crippen LogP contribution < -0.4 is 5.73 Å². The molecule has 0 bridgehead atoms. The zero-order valence-electron chi connectivity index (χ0n) is 11.8. The van der Waals surface area contributed by atoms with E-state index in [9.17, 15) is 0 Å². The molecule has 4 rings (SSSR count). The number of nitrogens with two attached hydrogens (primary N) is 1. The molecule has 4 aromatic rings. The van der Waals surface area contributed by atoms with Gasteiger partial charge in [0.25, 0.3) is 9.67 Å². The van der Waals surface area contributed by atoms with Gasteiger partial charge in [0.2, 0.25) is 0 Å². The van der Waals surface area contributed by atoms with E-state index in [-0.39, 0.29) is 0 Å². The second-order valence-corrected chi connectivity index (χ2v) is 4.76. The predicted octanol–water partition coefficient (Wildman–Crippen LogP) is 4.56. The number of aromatic nitrogens is 2. The van der Waals surface area contributed by atoms with E-state index < -0.39 is 0 Å². The Bertz CT molecular complexity index is 813. The first-order valence-electron chi connectivity index (χ1n) is 6.46. The van der Waals surface area contributed by atoms with Crippen molar-refractivity contribution in [1.29, 1.82) is 0 Å². The van der Waals surface area contributed by atoms with E-state index in [0.717, 1.165) is 22.2 Å². The Balaban J connectivity index is 0.000000144. The molecule has 5 nitrogen and oxygen atoms in total. The molecule has 2 aromatic heterocycles. The summed E-state index contributed by atoms with van der Waals surface area (Å²) in [7, 11) is 1.50. The van der Waals surface area contributed by atoms with Crippen molar-refractivity contribution in [3.8, 4) is 0 Å². The topological polar surface area (TPSA) is 83.9 Å². The van der Waals surface area contributed by atoms with Crippen molar-refractivity contribution < 1.29 is 8.83 Å². The van der Waals surface area contributed by atoms with Gasteiger partial charge in [-0.25, -0.2) is 0 Å². The van der Waals surface area contributed by atoms with E-state index in [1.165, 1.54) is 7.05 Å². The highest BCUT2D eigenvalue weighted by Gasteiger charge is 1.93. The predicted molar refractivity (Wildman–Crippen MR) is 92.9 cm³/mol. The lowest BCUT2D eigenvalue weighted by molar-refractivity contribution is 0.583. The van der Waals surface area contributed by atoms with Crippen molar-refractivity contribution in [2.24, 2.45) is 5.73 Å². The third kappa shape index (κ3) is 3.91. The summed E-state index contributed by atoms with van der Waals surface area (Å²) in [6.07, 6.45) is 0. The highest BCUT2D eigenvalue weighted by atomic mass is 32.1. The minimum Gasteiger partial charge on any atom is -0.429 e. The highest BCUT2D eigenvalue weighted by Crippen LogP contribution is 2.11. The molecular weight excluding hydrogens is 318 g/mol. The molecule has 2 aromatic carbocycles. The van der Waals surface area contributed by atoms with E-state index in [1.54, 1.807) is 0 Å². The molecule has 0 amide bonds. The lowest BCUT2D eigenvalue weighted by Gasteiger charge is -1.80. The smallest absolute Gasteiger partial charge is 0.266 e. The van der Waals surface area contributed by atoms with Gasteiger partial charge in [-0.15, -0.1) is 0 Å². The summed E-state index contributed by atoms with van der Waals surface area (Å²) >= 11 is 9.58. The lowest BCUT2D eigenvalue weighted by atomic mass is 10.3. The Morgan fingerprint density at radius 3 is 1.45 bits per heavy atom. The summed E-state index contributed by atoms with van der Waals surface area (Å²) in [5.41, 5.74) is 8.03. The van der Waals surface area contributed by atoms with E-state index in [0.29, 0.717) is 9.67 Å². The number of aromatic amines is 2. The number of hydrogen-bond donors (Lipinski definition) is 3. The molecule has 0 saturated heterocycles. The first kappa shape index (κ1) is 16.2. The van der Waals surface area contributed by atoms with Gasteiger partial charge in [-0.1, -0.05) is 24.3 Å². The van der Waals surface area contributed by atoms with Crippen LogP contribution in [0, 0.1) is 9.67 Å². The van der Waals surface area contributed by atoms with Crippen LogP contribution in [0.1, 0.15) is 0 Å². The van der Waals surface area contributed by atoms with Gasteiger partial charge in [0.1, 0.15) is 0 Å². The summed E-state index contributed by atoms with van der Waals surface area (Å²) in [6, 6.07) is 15.3. The first-order chi connectivity index (χ1) is 10.7. The minimum atomic E-state index is 0.432. The van der Waals surface area contributed by atoms with Crippen molar-refractivity contribution in [3.05, 3.63) is 58.2 Å².